The summed E-state index contributed by atoms with van der Waals surface area (Å²) in [6, 6.07) is 0.818. The van der Waals surface area contributed by atoms with E-state index < -0.39 is 12.0 Å². The minimum absolute atomic E-state index is 0.0130. The Balaban J connectivity index is 2.29. The summed E-state index contributed by atoms with van der Waals surface area (Å²) in [5.41, 5.74) is 6.13. The van der Waals surface area contributed by atoms with Gasteiger partial charge in [-0.25, -0.2) is 9.78 Å². The number of anilines is 2. The molecular formula is C13H18N4O4. The lowest BCUT2D eigenvalue weighted by atomic mass is 10.2. The molecule has 1 aromatic rings. The zero-order valence-electron chi connectivity index (χ0n) is 11.7. The van der Waals surface area contributed by atoms with Crippen LogP contribution in [-0.2, 0) is 9.53 Å². The number of hydrogen-bond acceptors (Lipinski definition) is 6. The van der Waals surface area contributed by atoms with Gasteiger partial charge in [0.05, 0.1) is 24.5 Å². The molecule has 0 saturated carbocycles. The molecule has 0 bridgehead atoms. The molecule has 0 spiro atoms. The summed E-state index contributed by atoms with van der Waals surface area (Å²) >= 11 is 0. The zero-order chi connectivity index (χ0) is 15.4. The van der Waals surface area contributed by atoms with Crippen molar-refractivity contribution in [1.82, 2.24) is 10.3 Å². The number of nitrogens with two attached hydrogens (primary N) is 1. The Morgan fingerprint density at radius 1 is 1.62 bits per heavy atom. The number of amides is 1. The molecule has 8 heteroatoms. The molecule has 21 heavy (non-hydrogen) atoms. The first-order chi connectivity index (χ1) is 10.0. The number of aromatic carboxylic acids is 1. The maximum absolute atomic E-state index is 12.1. The second-order valence-corrected chi connectivity index (χ2v) is 4.62. The molecule has 8 nitrogen and oxygen atoms in total. The van der Waals surface area contributed by atoms with Gasteiger partial charge in [-0.2, -0.15) is 0 Å². The summed E-state index contributed by atoms with van der Waals surface area (Å²) in [6.45, 7) is 3.51. The molecule has 0 radical (unpaired) electrons. The van der Waals surface area contributed by atoms with Gasteiger partial charge in [0.25, 0.3) is 0 Å². The molecule has 2 heterocycles. The summed E-state index contributed by atoms with van der Waals surface area (Å²) in [5.74, 6) is -0.858. The lowest BCUT2D eigenvalue weighted by Crippen LogP contribution is -2.54. The van der Waals surface area contributed by atoms with Crippen molar-refractivity contribution in [1.29, 1.82) is 0 Å². The van der Waals surface area contributed by atoms with Crippen molar-refractivity contribution in [2.24, 2.45) is 0 Å². The number of likely N-dealkylation sites (N-methyl/N-ethyl adjacent to an activating group) is 1. The van der Waals surface area contributed by atoms with E-state index in [0.29, 0.717) is 25.5 Å². The first-order valence-corrected chi connectivity index (χ1v) is 6.65. The van der Waals surface area contributed by atoms with Gasteiger partial charge in [0.1, 0.15) is 6.04 Å². The van der Waals surface area contributed by atoms with Crippen LogP contribution in [0.2, 0.25) is 0 Å². The second kappa shape index (κ2) is 6.40. The highest BCUT2D eigenvalue weighted by Gasteiger charge is 2.31. The maximum atomic E-state index is 12.1. The number of carbonyl (C=O) groups excluding carboxylic acids is 1. The Morgan fingerprint density at radius 3 is 3.00 bits per heavy atom. The SMILES string of the molecule is CCNC(=O)C1COCCN1c1ncc(C(=O)O)cc1N. The van der Waals surface area contributed by atoms with E-state index in [1.165, 1.54) is 12.3 Å². The van der Waals surface area contributed by atoms with Crippen LogP contribution in [0.5, 0.6) is 0 Å². The molecular weight excluding hydrogens is 276 g/mol. The van der Waals surface area contributed by atoms with Crippen molar-refractivity contribution in [3.63, 3.8) is 0 Å². The van der Waals surface area contributed by atoms with Crippen LogP contribution in [0.4, 0.5) is 11.5 Å². The Hall–Kier alpha value is -2.35. The third-order valence-electron chi connectivity index (χ3n) is 3.20. The summed E-state index contributed by atoms with van der Waals surface area (Å²) in [4.78, 5) is 28.8. The Morgan fingerprint density at radius 2 is 2.38 bits per heavy atom. The van der Waals surface area contributed by atoms with Crippen LogP contribution in [0.25, 0.3) is 0 Å². The highest BCUT2D eigenvalue weighted by molar-refractivity contribution is 5.90. The third-order valence-corrected chi connectivity index (χ3v) is 3.20. The number of pyridine rings is 1. The number of rotatable bonds is 4. The van der Waals surface area contributed by atoms with Crippen molar-refractivity contribution in [3.8, 4) is 0 Å². The lowest BCUT2D eigenvalue weighted by Gasteiger charge is -2.35. The topological polar surface area (TPSA) is 118 Å². The molecule has 1 unspecified atom stereocenters. The molecule has 1 atom stereocenters. The largest absolute Gasteiger partial charge is 0.478 e. The van der Waals surface area contributed by atoms with Crippen molar-refractivity contribution in [3.05, 3.63) is 17.8 Å². The predicted octanol–water partition coefficient (Wildman–Crippen LogP) is -0.297. The van der Waals surface area contributed by atoms with E-state index in [0.717, 1.165) is 0 Å². The fraction of sp³-hybridized carbons (Fsp3) is 0.462. The molecule has 1 saturated heterocycles. The van der Waals surface area contributed by atoms with Crippen LogP contribution in [0.3, 0.4) is 0 Å². The van der Waals surface area contributed by atoms with Crippen molar-refractivity contribution in [2.45, 2.75) is 13.0 Å². The van der Waals surface area contributed by atoms with E-state index in [-0.39, 0.29) is 23.8 Å². The van der Waals surface area contributed by atoms with Gasteiger partial charge in [0, 0.05) is 19.3 Å². The first kappa shape index (κ1) is 15.0. The van der Waals surface area contributed by atoms with Gasteiger partial charge in [0.2, 0.25) is 5.91 Å². The van der Waals surface area contributed by atoms with Gasteiger partial charge in [-0.05, 0) is 13.0 Å². The normalized spacial score (nSPS) is 18.3. The zero-order valence-corrected chi connectivity index (χ0v) is 11.7. The lowest BCUT2D eigenvalue weighted by molar-refractivity contribution is -0.124. The van der Waals surface area contributed by atoms with E-state index in [4.69, 9.17) is 15.6 Å². The van der Waals surface area contributed by atoms with Gasteiger partial charge in [-0.15, -0.1) is 0 Å². The number of hydrogen-bond donors (Lipinski definition) is 3. The number of carbonyl (C=O) groups is 2. The Bertz CT molecular complexity index is 549. The number of carboxylic acids is 1. The third kappa shape index (κ3) is 3.22. The molecule has 1 amide bonds. The van der Waals surface area contributed by atoms with Crippen LogP contribution in [0, 0.1) is 0 Å². The van der Waals surface area contributed by atoms with Gasteiger partial charge < -0.3 is 25.8 Å². The molecule has 1 aromatic heterocycles. The quantitative estimate of drug-likeness (QED) is 0.698. The number of morpholine rings is 1. The van der Waals surface area contributed by atoms with E-state index in [1.54, 1.807) is 4.90 Å². The predicted molar refractivity (Wildman–Crippen MR) is 76.2 cm³/mol. The summed E-state index contributed by atoms with van der Waals surface area (Å²) < 4.78 is 5.34. The number of aromatic nitrogens is 1. The van der Waals surface area contributed by atoms with E-state index in [2.05, 4.69) is 10.3 Å². The Kier molecular flexibility index (Phi) is 4.59. The molecule has 1 aliphatic rings. The number of ether oxygens (including phenoxy) is 1. The van der Waals surface area contributed by atoms with Gasteiger partial charge in [0.15, 0.2) is 5.82 Å². The van der Waals surface area contributed by atoms with Crippen LogP contribution in [0.15, 0.2) is 12.3 Å². The van der Waals surface area contributed by atoms with Gasteiger partial charge >= 0.3 is 5.97 Å². The molecule has 0 aromatic carbocycles. The molecule has 1 fully saturated rings. The molecule has 4 N–H and O–H groups in total. The van der Waals surface area contributed by atoms with E-state index in [9.17, 15) is 9.59 Å². The second-order valence-electron chi connectivity index (χ2n) is 4.62. The van der Waals surface area contributed by atoms with E-state index in [1.807, 2.05) is 6.92 Å². The highest BCUT2D eigenvalue weighted by Crippen LogP contribution is 2.25. The molecule has 2 rings (SSSR count). The Labute approximate surface area is 121 Å². The fourth-order valence-corrected chi connectivity index (χ4v) is 2.20. The average Bonchev–Trinajstić information content (AvgIpc) is 2.47. The van der Waals surface area contributed by atoms with Crippen LogP contribution in [-0.4, -0.2) is 54.3 Å². The van der Waals surface area contributed by atoms with Crippen molar-refractivity contribution in [2.75, 3.05) is 36.9 Å². The van der Waals surface area contributed by atoms with E-state index >= 15 is 0 Å². The van der Waals surface area contributed by atoms with Crippen LogP contribution < -0.4 is 16.0 Å². The summed E-state index contributed by atoms with van der Waals surface area (Å²) in [6.07, 6.45) is 1.23. The summed E-state index contributed by atoms with van der Waals surface area (Å²) in [5, 5.41) is 11.7. The summed E-state index contributed by atoms with van der Waals surface area (Å²) in [7, 11) is 0. The number of carboxylic acid groups (broad SMARTS) is 1. The minimum Gasteiger partial charge on any atom is -0.478 e. The van der Waals surface area contributed by atoms with Crippen molar-refractivity contribution >= 4 is 23.4 Å². The maximum Gasteiger partial charge on any atom is 0.337 e. The van der Waals surface area contributed by atoms with Gasteiger partial charge in [-0.3, -0.25) is 4.79 Å². The van der Waals surface area contributed by atoms with Crippen molar-refractivity contribution < 1.29 is 19.4 Å². The average molecular weight is 294 g/mol. The number of nitrogens with zero attached hydrogens (tertiary/aromatic N) is 2. The minimum atomic E-state index is -1.09. The van der Waals surface area contributed by atoms with Gasteiger partial charge in [-0.1, -0.05) is 0 Å². The fourth-order valence-electron chi connectivity index (χ4n) is 2.20. The highest BCUT2D eigenvalue weighted by atomic mass is 16.5. The standard InChI is InChI=1S/C13H18N4O4/c1-2-15-12(18)10-7-21-4-3-17(10)11-9(14)5-8(6-16-11)13(19)20/h5-6,10H,2-4,7,14H2,1H3,(H,15,18)(H,19,20). The monoisotopic (exact) mass is 294 g/mol. The number of nitrogen functional groups attached to an aromatic ring is 1. The van der Waals surface area contributed by atoms with Crippen LogP contribution in [0.1, 0.15) is 17.3 Å². The molecule has 0 aliphatic carbocycles. The molecule has 114 valence electrons. The smallest absolute Gasteiger partial charge is 0.337 e. The van der Waals surface area contributed by atoms with Crippen LogP contribution >= 0.6 is 0 Å². The number of nitrogens with one attached hydrogen (secondary N) is 1. The molecule has 1 aliphatic heterocycles. The first-order valence-electron chi connectivity index (χ1n) is 6.65.